The molecule has 4 heterocycles. The zero-order valence-corrected chi connectivity index (χ0v) is 14.7. The van der Waals surface area contributed by atoms with Crippen LogP contribution in [-0.2, 0) is 14.3 Å². The fourth-order valence-electron chi connectivity index (χ4n) is 7.07. The van der Waals surface area contributed by atoms with E-state index in [2.05, 4.69) is 25.7 Å². The van der Waals surface area contributed by atoms with Gasteiger partial charge in [-0.05, 0) is 49.9 Å². The second-order valence-corrected chi connectivity index (χ2v) is 9.52. The zero-order chi connectivity index (χ0) is 16.1. The van der Waals surface area contributed by atoms with Crippen LogP contribution in [0, 0.1) is 16.7 Å². The predicted octanol–water partition coefficient (Wildman–Crippen LogP) is 3.45. The summed E-state index contributed by atoms with van der Waals surface area (Å²) in [5.74, 6) is 0.713. The van der Waals surface area contributed by atoms with Crippen LogP contribution in [0.4, 0.5) is 0 Å². The van der Waals surface area contributed by atoms with Gasteiger partial charge >= 0.3 is 5.97 Å². The molecule has 128 valence electrons. The van der Waals surface area contributed by atoms with Gasteiger partial charge in [0.15, 0.2) is 5.72 Å². The first-order valence-corrected chi connectivity index (χ1v) is 9.50. The maximum absolute atomic E-state index is 12.5. The largest absolute Gasteiger partial charge is 0.443 e. The van der Waals surface area contributed by atoms with Crippen molar-refractivity contribution in [2.24, 2.45) is 16.7 Å². The molecule has 5 rings (SSSR count). The van der Waals surface area contributed by atoms with Gasteiger partial charge in [0.05, 0.1) is 12.5 Å². The van der Waals surface area contributed by atoms with E-state index < -0.39 is 5.72 Å². The second kappa shape index (κ2) is 4.13. The van der Waals surface area contributed by atoms with Gasteiger partial charge in [-0.25, -0.2) is 4.90 Å². The Morgan fingerprint density at radius 1 is 1.17 bits per heavy atom. The minimum atomic E-state index is -0.424. The Bertz CT molecular complexity index is 579. The van der Waals surface area contributed by atoms with Gasteiger partial charge in [-0.2, -0.15) is 0 Å². The van der Waals surface area contributed by atoms with Crippen LogP contribution >= 0.6 is 0 Å². The highest BCUT2D eigenvalue weighted by Crippen LogP contribution is 2.70. The lowest BCUT2D eigenvalue weighted by atomic mass is 9.47. The van der Waals surface area contributed by atoms with Crippen molar-refractivity contribution < 1.29 is 14.3 Å². The monoisotopic (exact) mass is 319 g/mol. The minimum Gasteiger partial charge on any atom is -0.443 e. The van der Waals surface area contributed by atoms with Gasteiger partial charge < -0.3 is 9.47 Å². The molecule has 0 radical (unpaired) electrons. The lowest BCUT2D eigenvalue weighted by Gasteiger charge is -2.70. The molecular formula is C19H29NO3. The Morgan fingerprint density at radius 3 is 2.83 bits per heavy atom. The van der Waals surface area contributed by atoms with Gasteiger partial charge in [0.25, 0.3) is 0 Å². The molecular weight excluding hydrogens is 290 g/mol. The number of piperidine rings is 1. The van der Waals surface area contributed by atoms with Crippen molar-refractivity contribution in [1.82, 2.24) is 4.90 Å². The molecule has 0 unspecified atom stereocenters. The lowest BCUT2D eigenvalue weighted by Crippen LogP contribution is -2.77. The first-order valence-electron chi connectivity index (χ1n) is 9.50. The highest BCUT2D eigenvalue weighted by Gasteiger charge is 2.75. The fourth-order valence-corrected chi connectivity index (χ4v) is 7.07. The Morgan fingerprint density at radius 2 is 2.00 bits per heavy atom. The number of fused-ring (bicyclic) bond motifs is 1. The standard InChI is InChI=1S/C19H29NO3/c1-13-9-14-12-20-18(10-13,22-14)8-7-17(3)16(2)5-4-6-19(17,20)23-15(21)11-16/h13-14H,4-12H2,1-3H3/t13-,14+,16-,17-,18-,19+/m0/s1. The van der Waals surface area contributed by atoms with Crippen molar-refractivity contribution in [2.75, 3.05) is 6.54 Å². The van der Waals surface area contributed by atoms with Crippen molar-refractivity contribution in [3.8, 4) is 0 Å². The molecule has 0 amide bonds. The summed E-state index contributed by atoms with van der Waals surface area (Å²) in [4.78, 5) is 15.1. The number of carbonyl (C=O) groups excluding carboxylic acids is 1. The normalized spacial score (nSPS) is 58.3. The van der Waals surface area contributed by atoms with E-state index in [1.165, 1.54) is 0 Å². The van der Waals surface area contributed by atoms with E-state index in [0.717, 1.165) is 51.5 Å². The van der Waals surface area contributed by atoms with E-state index in [1.807, 2.05) is 0 Å². The number of ether oxygens (including phenoxy) is 2. The molecule has 0 aromatic heterocycles. The Kier molecular flexibility index (Phi) is 2.64. The quantitative estimate of drug-likeness (QED) is 0.641. The Balaban J connectivity index is 1.66. The molecule has 0 aromatic rings. The van der Waals surface area contributed by atoms with Gasteiger partial charge in [-0.3, -0.25) is 4.79 Å². The summed E-state index contributed by atoms with van der Waals surface area (Å²) in [6, 6.07) is 0. The Labute approximate surface area is 138 Å². The Hall–Kier alpha value is -0.610. The third kappa shape index (κ3) is 1.53. The number of esters is 1. The van der Waals surface area contributed by atoms with Crippen LogP contribution in [0.5, 0.6) is 0 Å². The van der Waals surface area contributed by atoms with Crippen molar-refractivity contribution in [1.29, 1.82) is 0 Å². The highest BCUT2D eigenvalue weighted by atomic mass is 16.6. The number of hydrogen-bond acceptors (Lipinski definition) is 4. The van der Waals surface area contributed by atoms with E-state index in [9.17, 15) is 4.79 Å². The minimum absolute atomic E-state index is 0.0104. The number of hydrogen-bond donors (Lipinski definition) is 0. The summed E-state index contributed by atoms with van der Waals surface area (Å²) in [7, 11) is 0. The van der Waals surface area contributed by atoms with Crippen LogP contribution in [0.15, 0.2) is 0 Å². The van der Waals surface area contributed by atoms with Crippen LogP contribution in [0.3, 0.4) is 0 Å². The molecule has 4 heteroatoms. The van der Waals surface area contributed by atoms with Crippen molar-refractivity contribution in [2.45, 2.75) is 89.7 Å². The third-order valence-electron chi connectivity index (χ3n) is 8.30. The molecule has 0 N–H and O–H groups in total. The third-order valence-corrected chi connectivity index (χ3v) is 8.30. The molecule has 4 nitrogen and oxygen atoms in total. The number of carbonyl (C=O) groups is 1. The molecule has 4 aliphatic heterocycles. The predicted molar refractivity (Wildman–Crippen MR) is 85.4 cm³/mol. The molecule has 4 bridgehead atoms. The molecule has 0 aromatic carbocycles. The van der Waals surface area contributed by atoms with Gasteiger partial charge in [-0.1, -0.05) is 20.8 Å². The first kappa shape index (κ1) is 14.7. The van der Waals surface area contributed by atoms with E-state index in [4.69, 9.17) is 9.47 Å². The molecule has 5 aliphatic rings. The van der Waals surface area contributed by atoms with E-state index in [1.54, 1.807) is 0 Å². The van der Waals surface area contributed by atoms with E-state index in [0.29, 0.717) is 18.4 Å². The number of rotatable bonds is 0. The molecule has 4 saturated heterocycles. The topological polar surface area (TPSA) is 38.8 Å². The van der Waals surface area contributed by atoms with Gasteiger partial charge in [0.1, 0.15) is 5.72 Å². The maximum Gasteiger partial charge on any atom is 0.308 e. The maximum atomic E-state index is 12.5. The summed E-state index contributed by atoms with van der Waals surface area (Å²) >= 11 is 0. The summed E-state index contributed by atoms with van der Waals surface area (Å²) in [6.45, 7) is 8.04. The average Bonchev–Trinajstić information content (AvgIpc) is 2.72. The van der Waals surface area contributed by atoms with Gasteiger partial charge in [-0.15, -0.1) is 0 Å². The van der Waals surface area contributed by atoms with Crippen LogP contribution in [-0.4, -0.2) is 35.0 Å². The lowest BCUT2D eigenvalue weighted by molar-refractivity contribution is -0.350. The van der Waals surface area contributed by atoms with Crippen LogP contribution in [0.25, 0.3) is 0 Å². The van der Waals surface area contributed by atoms with Crippen molar-refractivity contribution in [3.05, 3.63) is 0 Å². The number of nitrogens with zero attached hydrogens (tertiary/aromatic N) is 1. The summed E-state index contributed by atoms with van der Waals surface area (Å²) in [5.41, 5.74) is -0.462. The molecule has 1 aliphatic carbocycles. The van der Waals surface area contributed by atoms with E-state index in [-0.39, 0.29) is 22.5 Å². The second-order valence-electron chi connectivity index (χ2n) is 9.52. The first-order chi connectivity index (χ1) is 10.8. The van der Waals surface area contributed by atoms with Crippen molar-refractivity contribution in [3.63, 3.8) is 0 Å². The smallest absolute Gasteiger partial charge is 0.308 e. The van der Waals surface area contributed by atoms with Crippen molar-refractivity contribution >= 4 is 5.97 Å². The SMILES string of the molecule is C[C@H]1C[C@@H]2CN3[C@](CC[C@@]4(C)[C@@]5(C)CCC[C@]34OC(=O)C5)(C1)O2. The van der Waals surface area contributed by atoms with E-state index >= 15 is 0 Å². The zero-order valence-electron chi connectivity index (χ0n) is 14.7. The summed E-state index contributed by atoms with van der Waals surface area (Å²) in [6.07, 6.45) is 8.67. The fraction of sp³-hybridized carbons (Fsp3) is 0.947. The molecule has 23 heavy (non-hydrogen) atoms. The molecule has 6 atom stereocenters. The highest BCUT2D eigenvalue weighted by molar-refractivity contribution is 5.72. The van der Waals surface area contributed by atoms with Gasteiger partial charge in [0, 0.05) is 18.4 Å². The van der Waals surface area contributed by atoms with Crippen LogP contribution in [0.2, 0.25) is 0 Å². The van der Waals surface area contributed by atoms with Gasteiger partial charge in [0.2, 0.25) is 0 Å². The molecule has 5 fully saturated rings. The molecule has 1 saturated carbocycles. The van der Waals surface area contributed by atoms with Crippen LogP contribution < -0.4 is 0 Å². The average molecular weight is 319 g/mol. The summed E-state index contributed by atoms with van der Waals surface area (Å²) in [5, 5.41) is 0. The molecule has 1 spiro atoms. The van der Waals surface area contributed by atoms with Crippen LogP contribution in [0.1, 0.15) is 72.1 Å². The summed E-state index contributed by atoms with van der Waals surface area (Å²) < 4.78 is 12.8.